The lowest BCUT2D eigenvalue weighted by Gasteiger charge is -2.13. The van der Waals surface area contributed by atoms with Gasteiger partial charge in [0.15, 0.2) is 5.82 Å². The molecule has 2 N–H and O–H groups in total. The molecule has 17 heavy (non-hydrogen) atoms. The van der Waals surface area contributed by atoms with Crippen LogP contribution in [-0.4, -0.2) is 41.3 Å². The van der Waals surface area contributed by atoms with Gasteiger partial charge in [-0.3, -0.25) is 9.94 Å². The normalized spacial score (nSPS) is 20.9. The zero-order valence-corrected chi connectivity index (χ0v) is 10.1. The van der Waals surface area contributed by atoms with E-state index < -0.39 is 0 Å². The quantitative estimate of drug-likeness (QED) is 0.583. The van der Waals surface area contributed by atoms with Crippen molar-refractivity contribution in [1.82, 2.24) is 15.1 Å². The first-order valence-electron chi connectivity index (χ1n) is 6.57. The minimum absolute atomic E-state index is 0.711. The van der Waals surface area contributed by atoms with E-state index in [0.717, 1.165) is 12.4 Å². The Labute approximate surface area is 101 Å². The molecule has 3 rings (SSSR count). The fourth-order valence-electron chi connectivity index (χ4n) is 2.30. The summed E-state index contributed by atoms with van der Waals surface area (Å²) in [6.07, 6.45) is 5.24. The third kappa shape index (κ3) is 2.98. The minimum atomic E-state index is 0.711. The number of hydrogen-bond acceptors (Lipinski definition) is 4. The van der Waals surface area contributed by atoms with Crippen LogP contribution < -0.4 is 5.48 Å². The molecule has 0 spiro atoms. The molecule has 2 fully saturated rings. The largest absolute Gasteiger partial charge is 0.301 e. The molecule has 1 saturated heterocycles. The maximum atomic E-state index is 5.42. The zero-order chi connectivity index (χ0) is 11.5. The van der Waals surface area contributed by atoms with Gasteiger partial charge in [-0.15, -0.1) is 0 Å². The Bertz CT molecular complexity index is 355. The van der Waals surface area contributed by atoms with Crippen LogP contribution in [0.4, 0.5) is 5.82 Å². The van der Waals surface area contributed by atoms with E-state index in [2.05, 4.69) is 20.6 Å². The van der Waals surface area contributed by atoms with Gasteiger partial charge in [0.05, 0.1) is 6.61 Å². The lowest BCUT2D eigenvalue weighted by Crippen LogP contribution is -2.24. The van der Waals surface area contributed by atoms with Crippen LogP contribution >= 0.6 is 0 Å². The third-order valence-electron chi connectivity index (χ3n) is 3.50. The van der Waals surface area contributed by atoms with Crippen molar-refractivity contribution in [2.24, 2.45) is 0 Å². The van der Waals surface area contributed by atoms with E-state index in [0.29, 0.717) is 12.5 Å². The van der Waals surface area contributed by atoms with Crippen LogP contribution in [-0.2, 0) is 4.84 Å². The second kappa shape index (κ2) is 5.06. The lowest BCUT2D eigenvalue weighted by molar-refractivity contribution is 0.156. The van der Waals surface area contributed by atoms with E-state index in [9.17, 15) is 0 Å². The van der Waals surface area contributed by atoms with Crippen LogP contribution in [0.5, 0.6) is 0 Å². The first-order chi connectivity index (χ1) is 8.42. The number of likely N-dealkylation sites (tertiary alicyclic amines) is 1. The molecule has 0 amide bonds. The average molecular weight is 236 g/mol. The zero-order valence-electron chi connectivity index (χ0n) is 10.1. The summed E-state index contributed by atoms with van der Waals surface area (Å²) >= 11 is 0. The number of anilines is 1. The number of aromatic amines is 1. The van der Waals surface area contributed by atoms with Crippen molar-refractivity contribution in [2.75, 3.05) is 31.7 Å². The Balaban J connectivity index is 1.35. The maximum absolute atomic E-state index is 5.42. The van der Waals surface area contributed by atoms with Crippen LogP contribution in [0.25, 0.3) is 0 Å². The monoisotopic (exact) mass is 236 g/mol. The van der Waals surface area contributed by atoms with Crippen molar-refractivity contribution in [2.45, 2.75) is 31.6 Å². The first-order valence-corrected chi connectivity index (χ1v) is 6.57. The highest BCUT2D eigenvalue weighted by atomic mass is 16.6. The van der Waals surface area contributed by atoms with Gasteiger partial charge in [-0.25, -0.2) is 5.48 Å². The van der Waals surface area contributed by atoms with Gasteiger partial charge < -0.3 is 4.90 Å². The molecule has 5 nitrogen and oxygen atoms in total. The van der Waals surface area contributed by atoms with Crippen molar-refractivity contribution in [3.05, 3.63) is 11.8 Å². The van der Waals surface area contributed by atoms with E-state index in [1.165, 1.54) is 44.5 Å². The Kier molecular flexibility index (Phi) is 3.29. The van der Waals surface area contributed by atoms with Crippen molar-refractivity contribution < 1.29 is 4.84 Å². The summed E-state index contributed by atoms with van der Waals surface area (Å²) in [5.74, 6) is 1.51. The van der Waals surface area contributed by atoms with Crippen molar-refractivity contribution in [3.8, 4) is 0 Å². The number of H-pyrrole nitrogens is 1. The van der Waals surface area contributed by atoms with Gasteiger partial charge in [-0.05, 0) is 38.8 Å². The van der Waals surface area contributed by atoms with Crippen LogP contribution in [0, 0.1) is 0 Å². The molecule has 1 saturated carbocycles. The van der Waals surface area contributed by atoms with Gasteiger partial charge in [-0.1, -0.05) is 0 Å². The summed E-state index contributed by atoms with van der Waals surface area (Å²) in [6.45, 7) is 4.16. The molecular weight excluding hydrogens is 216 g/mol. The van der Waals surface area contributed by atoms with E-state index in [1.807, 2.05) is 6.07 Å². The summed E-state index contributed by atoms with van der Waals surface area (Å²) in [4.78, 5) is 7.85. The lowest BCUT2D eigenvalue weighted by atomic mass is 10.3. The molecular formula is C12H20N4O. The fraction of sp³-hybridized carbons (Fsp3) is 0.750. The topological polar surface area (TPSA) is 53.2 Å². The summed E-state index contributed by atoms with van der Waals surface area (Å²) in [5.41, 5.74) is 4.13. The standard InChI is InChI=1S/C12H20N4O/c1-2-6-16(5-1)7-8-17-15-12-9-11(13-14-12)10-3-4-10/h9-10H,1-8H2,(H2,13,14,15). The van der Waals surface area contributed by atoms with Gasteiger partial charge >= 0.3 is 0 Å². The van der Waals surface area contributed by atoms with Crippen molar-refractivity contribution >= 4 is 5.82 Å². The number of nitrogens with one attached hydrogen (secondary N) is 2. The molecule has 2 heterocycles. The highest BCUT2D eigenvalue weighted by Gasteiger charge is 2.25. The molecule has 0 unspecified atom stereocenters. The summed E-state index contributed by atoms with van der Waals surface area (Å²) in [5, 5.41) is 7.22. The highest BCUT2D eigenvalue weighted by Crippen LogP contribution is 2.39. The molecule has 5 heteroatoms. The molecule has 1 aromatic rings. The second-order valence-corrected chi connectivity index (χ2v) is 4.98. The molecule has 2 aliphatic rings. The Morgan fingerprint density at radius 1 is 1.41 bits per heavy atom. The number of rotatable bonds is 6. The van der Waals surface area contributed by atoms with Crippen LogP contribution in [0.3, 0.4) is 0 Å². The number of nitrogens with zero attached hydrogens (tertiary/aromatic N) is 2. The van der Waals surface area contributed by atoms with Crippen LogP contribution in [0.15, 0.2) is 6.07 Å². The first kappa shape index (κ1) is 11.0. The Hall–Kier alpha value is -1.07. The molecule has 1 aromatic heterocycles. The molecule has 1 aliphatic heterocycles. The maximum Gasteiger partial charge on any atom is 0.171 e. The second-order valence-electron chi connectivity index (χ2n) is 4.98. The van der Waals surface area contributed by atoms with Crippen LogP contribution in [0.1, 0.15) is 37.3 Å². The van der Waals surface area contributed by atoms with Crippen molar-refractivity contribution in [3.63, 3.8) is 0 Å². The third-order valence-corrected chi connectivity index (χ3v) is 3.50. The Morgan fingerprint density at radius 2 is 2.24 bits per heavy atom. The summed E-state index contributed by atoms with van der Waals surface area (Å²) in [6, 6.07) is 2.05. The molecule has 94 valence electrons. The van der Waals surface area contributed by atoms with Crippen molar-refractivity contribution in [1.29, 1.82) is 0 Å². The van der Waals surface area contributed by atoms with E-state index >= 15 is 0 Å². The SMILES string of the molecule is c1c(NOCCN2CCCC2)n[nH]c1C1CC1. The average Bonchev–Trinajstić information content (AvgIpc) is 2.89. The van der Waals surface area contributed by atoms with Gasteiger partial charge in [0.25, 0.3) is 0 Å². The van der Waals surface area contributed by atoms with Crippen LogP contribution in [0.2, 0.25) is 0 Å². The molecule has 0 bridgehead atoms. The summed E-state index contributed by atoms with van der Waals surface area (Å²) in [7, 11) is 0. The van der Waals surface area contributed by atoms with Gasteiger partial charge in [0.1, 0.15) is 0 Å². The van der Waals surface area contributed by atoms with E-state index in [-0.39, 0.29) is 0 Å². The molecule has 1 aliphatic carbocycles. The fourth-order valence-corrected chi connectivity index (χ4v) is 2.30. The van der Waals surface area contributed by atoms with Gasteiger partial charge in [0, 0.05) is 24.2 Å². The summed E-state index contributed by atoms with van der Waals surface area (Å²) < 4.78 is 0. The molecule has 0 aromatic carbocycles. The molecule has 0 radical (unpaired) electrons. The predicted octanol–water partition coefficient (Wildman–Crippen LogP) is 1.73. The number of aromatic nitrogens is 2. The van der Waals surface area contributed by atoms with E-state index in [1.54, 1.807) is 0 Å². The molecule has 0 atom stereocenters. The van der Waals surface area contributed by atoms with E-state index in [4.69, 9.17) is 4.84 Å². The Morgan fingerprint density at radius 3 is 3.00 bits per heavy atom. The highest BCUT2D eigenvalue weighted by molar-refractivity contribution is 5.35. The minimum Gasteiger partial charge on any atom is -0.301 e. The van der Waals surface area contributed by atoms with Gasteiger partial charge in [-0.2, -0.15) is 5.10 Å². The smallest absolute Gasteiger partial charge is 0.171 e. The van der Waals surface area contributed by atoms with Gasteiger partial charge in [0.2, 0.25) is 0 Å². The predicted molar refractivity (Wildman–Crippen MR) is 65.8 cm³/mol. The number of hydrogen-bond donors (Lipinski definition) is 2.